The van der Waals surface area contributed by atoms with Crippen molar-refractivity contribution in [2.24, 2.45) is 4.99 Å². The molecule has 0 unspecified atom stereocenters. The van der Waals surface area contributed by atoms with Gasteiger partial charge in [0.25, 0.3) is 5.62 Å². The molecule has 0 atom stereocenters. The van der Waals surface area contributed by atoms with Crippen LogP contribution in [0.4, 0.5) is 5.95 Å². The highest BCUT2D eigenvalue weighted by Gasteiger charge is 2.21. The zero-order valence-corrected chi connectivity index (χ0v) is 17.2. The van der Waals surface area contributed by atoms with Crippen LogP contribution in [0.25, 0.3) is 11.7 Å². The molecular weight excluding hydrogens is 396 g/mol. The maximum atomic E-state index is 11.4. The molecule has 0 amide bonds. The van der Waals surface area contributed by atoms with E-state index in [9.17, 15) is 9.90 Å². The van der Waals surface area contributed by atoms with Gasteiger partial charge in [-0.3, -0.25) is 4.98 Å². The molecule has 0 bridgehead atoms. The highest BCUT2D eigenvalue weighted by atomic mass is 16.3. The quantitative estimate of drug-likeness (QED) is 0.376. The SMILES string of the molecule is Cc1ccc(C)c(CNc2nc(=NC3CC3)n3ncc(=Cc4[nH]c(=O)[nH]c4O)c3n2)c1. The second-order valence-electron chi connectivity index (χ2n) is 7.81. The third kappa shape index (κ3) is 3.91. The summed E-state index contributed by atoms with van der Waals surface area (Å²) in [5.74, 6) is 0.198. The average Bonchev–Trinajstić information content (AvgIpc) is 3.37. The molecule has 10 nitrogen and oxygen atoms in total. The van der Waals surface area contributed by atoms with Crippen LogP contribution in [0.2, 0.25) is 0 Å². The Hall–Kier alpha value is -3.95. The molecule has 5 rings (SSSR count). The molecule has 3 heterocycles. The standard InChI is InChI=1S/C21H22N8O2/c1-11-3-4-12(2)13(7-11)9-22-19-26-17-14(8-16-18(30)27-21(31)25-16)10-23-29(17)20(28-19)24-15-5-6-15/h3-4,7-8,10,15,30H,5-6,9H2,1-2H3,(H,22,24,28)(H2,25,27,31). The molecule has 1 fully saturated rings. The van der Waals surface area contributed by atoms with E-state index in [1.807, 2.05) is 0 Å². The molecule has 1 aliphatic rings. The summed E-state index contributed by atoms with van der Waals surface area (Å²) in [4.78, 5) is 30.2. The highest BCUT2D eigenvalue weighted by molar-refractivity contribution is 5.57. The lowest BCUT2D eigenvalue weighted by atomic mass is 10.1. The number of fused-ring (bicyclic) bond motifs is 1. The van der Waals surface area contributed by atoms with Crippen molar-refractivity contribution in [3.05, 3.63) is 68.1 Å². The summed E-state index contributed by atoms with van der Waals surface area (Å²) in [6, 6.07) is 6.58. The number of nitrogens with one attached hydrogen (secondary N) is 3. The summed E-state index contributed by atoms with van der Waals surface area (Å²) >= 11 is 0. The minimum Gasteiger partial charge on any atom is -0.493 e. The number of aromatic hydroxyl groups is 1. The molecule has 1 aliphatic carbocycles. The number of H-pyrrole nitrogens is 2. The van der Waals surface area contributed by atoms with E-state index in [1.54, 1.807) is 16.8 Å². The van der Waals surface area contributed by atoms with Crippen LogP contribution >= 0.6 is 0 Å². The normalized spacial score (nSPS) is 15.2. The van der Waals surface area contributed by atoms with E-state index in [4.69, 9.17) is 0 Å². The number of imidazole rings is 1. The second-order valence-corrected chi connectivity index (χ2v) is 7.81. The molecule has 0 saturated heterocycles. The molecule has 1 aromatic carbocycles. The van der Waals surface area contributed by atoms with E-state index in [0.29, 0.717) is 29.0 Å². The fraction of sp³-hybridized carbons (Fsp3) is 0.286. The molecule has 1 saturated carbocycles. The largest absolute Gasteiger partial charge is 0.493 e. The van der Waals surface area contributed by atoms with Gasteiger partial charge in [-0.25, -0.2) is 9.79 Å². The van der Waals surface area contributed by atoms with E-state index in [-0.39, 0.29) is 17.6 Å². The van der Waals surface area contributed by atoms with E-state index in [2.05, 4.69) is 67.4 Å². The van der Waals surface area contributed by atoms with Crippen LogP contribution in [-0.2, 0) is 6.54 Å². The number of hydrogen-bond acceptors (Lipinski definition) is 7. The van der Waals surface area contributed by atoms with Crippen molar-refractivity contribution in [2.75, 3.05) is 5.32 Å². The van der Waals surface area contributed by atoms with Crippen molar-refractivity contribution >= 4 is 17.7 Å². The van der Waals surface area contributed by atoms with Crippen molar-refractivity contribution in [3.63, 3.8) is 0 Å². The van der Waals surface area contributed by atoms with Gasteiger partial charge in [-0.2, -0.15) is 19.6 Å². The Kier molecular flexibility index (Phi) is 4.54. The van der Waals surface area contributed by atoms with Crippen LogP contribution in [0.5, 0.6) is 5.88 Å². The number of aryl methyl sites for hydroxylation is 2. The smallest absolute Gasteiger partial charge is 0.326 e. The zero-order chi connectivity index (χ0) is 21.5. The third-order valence-corrected chi connectivity index (χ3v) is 5.20. The Labute approximate surface area is 176 Å². The summed E-state index contributed by atoms with van der Waals surface area (Å²) in [6.07, 6.45) is 5.29. The minimum absolute atomic E-state index is 0.241. The predicted octanol–water partition coefficient (Wildman–Crippen LogP) is 0.686. The van der Waals surface area contributed by atoms with Crippen LogP contribution in [-0.4, -0.2) is 40.7 Å². The van der Waals surface area contributed by atoms with Crippen molar-refractivity contribution in [2.45, 2.75) is 39.3 Å². The molecule has 3 aromatic heterocycles. The van der Waals surface area contributed by atoms with Crippen molar-refractivity contribution in [3.8, 4) is 5.88 Å². The maximum absolute atomic E-state index is 11.4. The van der Waals surface area contributed by atoms with E-state index < -0.39 is 5.69 Å². The first-order valence-electron chi connectivity index (χ1n) is 10.1. The van der Waals surface area contributed by atoms with E-state index in [0.717, 1.165) is 12.8 Å². The Morgan fingerprint density at radius 3 is 2.87 bits per heavy atom. The van der Waals surface area contributed by atoms with Crippen molar-refractivity contribution < 1.29 is 5.11 Å². The van der Waals surface area contributed by atoms with Gasteiger partial charge in [-0.15, -0.1) is 0 Å². The van der Waals surface area contributed by atoms with Gasteiger partial charge in [0.15, 0.2) is 5.65 Å². The van der Waals surface area contributed by atoms with Gasteiger partial charge in [0.05, 0.1) is 12.2 Å². The monoisotopic (exact) mass is 418 g/mol. The van der Waals surface area contributed by atoms with Crippen LogP contribution < -0.4 is 21.8 Å². The Bertz CT molecular complexity index is 1460. The number of hydrogen-bond donors (Lipinski definition) is 4. The number of nitrogens with zero attached hydrogens (tertiary/aromatic N) is 5. The van der Waals surface area contributed by atoms with Gasteiger partial charge in [0.2, 0.25) is 11.8 Å². The van der Waals surface area contributed by atoms with Crippen molar-refractivity contribution in [1.29, 1.82) is 0 Å². The number of aromatic amines is 2. The topological polar surface area (TPSA) is 136 Å². The lowest BCUT2D eigenvalue weighted by Crippen LogP contribution is -2.24. The first-order chi connectivity index (χ1) is 15.0. The fourth-order valence-electron chi connectivity index (χ4n) is 3.32. The third-order valence-electron chi connectivity index (χ3n) is 5.20. The second kappa shape index (κ2) is 7.38. The minimum atomic E-state index is -0.491. The first-order valence-corrected chi connectivity index (χ1v) is 10.1. The molecule has 4 N–H and O–H groups in total. The summed E-state index contributed by atoms with van der Waals surface area (Å²) < 4.78 is 1.58. The molecule has 0 aliphatic heterocycles. The van der Waals surface area contributed by atoms with Gasteiger partial charge in [-0.1, -0.05) is 23.8 Å². The number of aromatic nitrogens is 6. The molecule has 158 valence electrons. The number of benzene rings is 1. The van der Waals surface area contributed by atoms with Gasteiger partial charge in [0, 0.05) is 11.8 Å². The van der Waals surface area contributed by atoms with Gasteiger partial charge >= 0.3 is 5.69 Å². The lowest BCUT2D eigenvalue weighted by Gasteiger charge is -2.09. The van der Waals surface area contributed by atoms with Gasteiger partial charge in [-0.05, 0) is 43.9 Å². The van der Waals surface area contributed by atoms with Crippen LogP contribution in [0, 0.1) is 13.8 Å². The fourth-order valence-corrected chi connectivity index (χ4v) is 3.32. The Balaban J connectivity index is 1.59. The Morgan fingerprint density at radius 2 is 2.13 bits per heavy atom. The van der Waals surface area contributed by atoms with Crippen LogP contribution in [0.15, 0.2) is 34.2 Å². The number of anilines is 1. The summed E-state index contributed by atoms with van der Waals surface area (Å²) in [5, 5.41) is 18.2. The Morgan fingerprint density at radius 1 is 1.29 bits per heavy atom. The molecular formula is C21H22N8O2. The van der Waals surface area contributed by atoms with Crippen molar-refractivity contribution in [1.82, 2.24) is 29.5 Å². The van der Waals surface area contributed by atoms with Crippen LogP contribution in [0.1, 0.15) is 35.2 Å². The van der Waals surface area contributed by atoms with Gasteiger partial charge < -0.3 is 15.4 Å². The molecule has 0 radical (unpaired) electrons. The van der Waals surface area contributed by atoms with E-state index in [1.165, 1.54) is 16.7 Å². The molecule has 31 heavy (non-hydrogen) atoms. The predicted molar refractivity (Wildman–Crippen MR) is 114 cm³/mol. The molecule has 4 aromatic rings. The molecule has 10 heteroatoms. The summed E-state index contributed by atoms with van der Waals surface area (Å²) in [6.45, 7) is 4.71. The highest BCUT2D eigenvalue weighted by Crippen LogP contribution is 2.22. The summed E-state index contributed by atoms with van der Waals surface area (Å²) in [7, 11) is 0. The summed E-state index contributed by atoms with van der Waals surface area (Å²) in [5.41, 5.74) is 4.31. The lowest BCUT2D eigenvalue weighted by molar-refractivity contribution is 0.454. The first kappa shape index (κ1) is 19.0. The van der Waals surface area contributed by atoms with E-state index >= 15 is 0 Å². The van der Waals surface area contributed by atoms with Gasteiger partial charge in [0.1, 0.15) is 5.69 Å². The molecule has 0 spiro atoms. The zero-order valence-electron chi connectivity index (χ0n) is 17.2. The van der Waals surface area contributed by atoms with Crippen LogP contribution in [0.3, 0.4) is 0 Å². The average molecular weight is 418 g/mol. The number of rotatable bonds is 5. The maximum Gasteiger partial charge on any atom is 0.326 e.